The number of carboxylic acids is 1. The van der Waals surface area contributed by atoms with E-state index in [2.05, 4.69) is 0 Å². The molecule has 0 aliphatic rings. The van der Waals surface area contributed by atoms with E-state index in [1.807, 2.05) is 0 Å². The number of nitrogens with two attached hydrogens (primary N) is 3. The van der Waals surface area contributed by atoms with Gasteiger partial charge < -0.3 is 26.8 Å². The van der Waals surface area contributed by atoms with E-state index in [0.717, 1.165) is 0 Å². The normalized spacial score (nSPS) is 11.9. The van der Waals surface area contributed by atoms with Crippen molar-refractivity contribution in [2.24, 2.45) is 10.9 Å². The fourth-order valence-corrected chi connectivity index (χ4v) is 2.21. The summed E-state index contributed by atoms with van der Waals surface area (Å²) in [4.78, 5) is 10.5. The molecule has 0 amide bonds. The lowest BCUT2D eigenvalue weighted by Gasteiger charge is -2.06. The van der Waals surface area contributed by atoms with Crippen LogP contribution < -0.4 is 16.6 Å². The lowest BCUT2D eigenvalue weighted by Crippen LogP contribution is -2.32. The Morgan fingerprint density at radius 1 is 1.04 bits per heavy atom. The number of sulfonamides is 1. The van der Waals surface area contributed by atoms with Gasteiger partial charge in [-0.1, -0.05) is 6.07 Å². The van der Waals surface area contributed by atoms with E-state index in [1.54, 1.807) is 0 Å². The molecule has 2 aromatic rings. The van der Waals surface area contributed by atoms with Crippen molar-refractivity contribution >= 4 is 21.7 Å². The highest BCUT2D eigenvalue weighted by Crippen LogP contribution is 2.25. The number of hydrogen-bond acceptors (Lipinski definition) is 7. The van der Waals surface area contributed by atoms with E-state index < -0.39 is 22.0 Å². The van der Waals surface area contributed by atoms with Crippen LogP contribution in [0.2, 0.25) is 0 Å². The Bertz CT molecular complexity index is 837. The number of benzene rings is 2. The van der Waals surface area contributed by atoms with E-state index in [1.165, 1.54) is 42.5 Å². The Morgan fingerprint density at radius 2 is 1.60 bits per heavy atom. The molecule has 1 atom stereocenters. The van der Waals surface area contributed by atoms with Crippen molar-refractivity contribution in [1.29, 1.82) is 0 Å². The molecule has 0 saturated heterocycles. The maximum Gasteiger partial charge on any atom is 0.320 e. The minimum absolute atomic E-state index is 0.0756. The largest absolute Gasteiger partial charge is 0.504 e. The van der Waals surface area contributed by atoms with Crippen LogP contribution in [0.3, 0.4) is 0 Å². The molecule has 0 radical (unpaired) electrons. The Kier molecular flexibility index (Phi) is 6.74. The zero-order valence-electron chi connectivity index (χ0n) is 13.0. The molecular formula is C15H19N3O6S. The SMILES string of the molecule is N[C@@H](Cc1ccc(O)c(O)c1)C(=O)O.Nc1ccc(S(N)(=O)=O)cc1. The van der Waals surface area contributed by atoms with E-state index in [0.29, 0.717) is 11.3 Å². The zero-order chi connectivity index (χ0) is 19.2. The molecule has 0 fully saturated rings. The van der Waals surface area contributed by atoms with Crippen molar-refractivity contribution in [3.05, 3.63) is 48.0 Å². The van der Waals surface area contributed by atoms with E-state index in [4.69, 9.17) is 31.9 Å². The molecule has 0 saturated carbocycles. The summed E-state index contributed by atoms with van der Waals surface area (Å²) >= 11 is 0. The topological polar surface area (TPSA) is 190 Å². The van der Waals surface area contributed by atoms with Gasteiger partial charge in [-0.3, -0.25) is 4.79 Å². The number of aromatic hydroxyl groups is 2. The third kappa shape index (κ3) is 6.67. The molecule has 0 heterocycles. The molecule has 0 aliphatic heterocycles. The first-order valence-electron chi connectivity index (χ1n) is 6.88. The number of nitrogen functional groups attached to an aromatic ring is 1. The molecule has 9 nitrogen and oxygen atoms in total. The zero-order valence-corrected chi connectivity index (χ0v) is 13.8. The monoisotopic (exact) mass is 369 g/mol. The summed E-state index contributed by atoms with van der Waals surface area (Å²) in [5.74, 6) is -1.62. The number of aliphatic carboxylic acids is 1. The van der Waals surface area contributed by atoms with E-state index in [-0.39, 0.29) is 22.8 Å². The summed E-state index contributed by atoms with van der Waals surface area (Å²) in [7, 11) is -3.58. The number of phenols is 2. The van der Waals surface area contributed by atoms with Crippen LogP contribution in [-0.4, -0.2) is 35.7 Å². The predicted octanol–water partition coefficient (Wildman–Crippen LogP) is -0.0316. The predicted molar refractivity (Wildman–Crippen MR) is 91.3 cm³/mol. The number of phenolic OH excluding ortho intramolecular Hbond substituents is 2. The van der Waals surface area contributed by atoms with Crippen molar-refractivity contribution in [3.8, 4) is 11.5 Å². The third-order valence-corrected chi connectivity index (χ3v) is 3.95. The van der Waals surface area contributed by atoms with Gasteiger partial charge in [0, 0.05) is 5.69 Å². The van der Waals surface area contributed by atoms with Crippen LogP contribution in [0.5, 0.6) is 11.5 Å². The van der Waals surface area contributed by atoms with Crippen molar-refractivity contribution in [3.63, 3.8) is 0 Å². The molecule has 0 aromatic heterocycles. The van der Waals surface area contributed by atoms with E-state index >= 15 is 0 Å². The standard InChI is InChI=1S/C9H11NO4.C6H8N2O2S/c10-6(9(13)14)3-5-1-2-7(11)8(12)4-5;7-5-1-3-6(4-2-5)11(8,9)10/h1-2,4,6,11-12H,3,10H2,(H,13,14);1-4H,7H2,(H2,8,9,10)/t6-;/m0./s1. The van der Waals surface area contributed by atoms with Gasteiger partial charge in [0.2, 0.25) is 10.0 Å². The number of carbonyl (C=O) groups is 1. The van der Waals surface area contributed by atoms with Crippen LogP contribution in [0, 0.1) is 0 Å². The molecule has 9 N–H and O–H groups in total. The summed E-state index contributed by atoms with van der Waals surface area (Å²) < 4.78 is 21.4. The molecule has 0 unspecified atom stereocenters. The van der Waals surface area contributed by atoms with Crippen LogP contribution in [0.25, 0.3) is 0 Å². The molecule has 2 aromatic carbocycles. The maximum atomic E-state index is 10.7. The number of carboxylic acid groups (broad SMARTS) is 1. The molecule has 136 valence electrons. The molecule has 10 heteroatoms. The first kappa shape index (κ1) is 20.2. The summed E-state index contributed by atoms with van der Waals surface area (Å²) in [6.45, 7) is 0. The second-order valence-corrected chi connectivity index (χ2v) is 6.65. The molecule has 2 rings (SSSR count). The number of rotatable bonds is 4. The van der Waals surface area contributed by atoms with Gasteiger partial charge in [0.15, 0.2) is 11.5 Å². The lowest BCUT2D eigenvalue weighted by atomic mass is 10.1. The highest BCUT2D eigenvalue weighted by molar-refractivity contribution is 7.89. The number of anilines is 1. The number of hydrogen-bond donors (Lipinski definition) is 6. The Labute approximate surface area is 144 Å². The van der Waals surface area contributed by atoms with E-state index in [9.17, 15) is 13.2 Å². The van der Waals surface area contributed by atoms with Crippen LogP contribution >= 0.6 is 0 Å². The van der Waals surface area contributed by atoms with Crippen molar-refractivity contribution in [1.82, 2.24) is 0 Å². The molecule has 0 bridgehead atoms. The van der Waals surface area contributed by atoms with Crippen molar-refractivity contribution in [2.75, 3.05) is 5.73 Å². The highest BCUT2D eigenvalue weighted by Gasteiger charge is 2.12. The van der Waals surface area contributed by atoms with Gasteiger partial charge in [0.05, 0.1) is 4.90 Å². The lowest BCUT2D eigenvalue weighted by molar-refractivity contribution is -0.138. The highest BCUT2D eigenvalue weighted by atomic mass is 32.2. The summed E-state index contributed by atoms with van der Waals surface area (Å²) in [6, 6.07) is 8.79. The van der Waals surface area contributed by atoms with Gasteiger partial charge in [-0.25, -0.2) is 13.6 Å². The van der Waals surface area contributed by atoms with Gasteiger partial charge in [-0.15, -0.1) is 0 Å². The van der Waals surface area contributed by atoms with Gasteiger partial charge in [0.1, 0.15) is 6.04 Å². The second-order valence-electron chi connectivity index (χ2n) is 5.09. The molecule has 0 spiro atoms. The summed E-state index contributed by atoms with van der Waals surface area (Å²) in [5, 5.41) is 31.5. The fraction of sp³-hybridized carbons (Fsp3) is 0.133. The summed E-state index contributed by atoms with van der Waals surface area (Å²) in [6.07, 6.45) is 0.114. The Balaban J connectivity index is 0.000000257. The van der Waals surface area contributed by atoms with Crippen LogP contribution in [-0.2, 0) is 21.2 Å². The molecule has 25 heavy (non-hydrogen) atoms. The van der Waals surface area contributed by atoms with Crippen molar-refractivity contribution in [2.45, 2.75) is 17.4 Å². The third-order valence-electron chi connectivity index (χ3n) is 3.02. The average molecular weight is 369 g/mol. The Hall–Kier alpha value is -2.82. The first-order chi connectivity index (χ1) is 11.5. The fourth-order valence-electron chi connectivity index (χ4n) is 1.69. The summed E-state index contributed by atoms with van der Waals surface area (Å²) in [5.41, 5.74) is 11.7. The van der Waals surface area contributed by atoms with Gasteiger partial charge in [-0.2, -0.15) is 0 Å². The molecule has 0 aliphatic carbocycles. The van der Waals surface area contributed by atoms with Gasteiger partial charge in [0.25, 0.3) is 0 Å². The maximum absolute atomic E-state index is 10.7. The van der Waals surface area contributed by atoms with Crippen LogP contribution in [0.1, 0.15) is 5.56 Å². The second kappa shape index (κ2) is 8.33. The average Bonchev–Trinajstić information content (AvgIpc) is 2.51. The minimum Gasteiger partial charge on any atom is -0.504 e. The quantitative estimate of drug-likeness (QED) is 0.319. The number of primary sulfonamides is 1. The van der Waals surface area contributed by atoms with Gasteiger partial charge in [-0.05, 0) is 48.4 Å². The van der Waals surface area contributed by atoms with Crippen molar-refractivity contribution < 1.29 is 28.5 Å². The van der Waals surface area contributed by atoms with Gasteiger partial charge >= 0.3 is 5.97 Å². The van der Waals surface area contributed by atoms with Crippen LogP contribution in [0.15, 0.2) is 47.4 Å². The Morgan fingerprint density at radius 3 is 2.04 bits per heavy atom. The smallest absolute Gasteiger partial charge is 0.320 e. The minimum atomic E-state index is -3.58. The first-order valence-corrected chi connectivity index (χ1v) is 8.43. The molecular weight excluding hydrogens is 350 g/mol. The van der Waals surface area contributed by atoms with Crippen LogP contribution in [0.4, 0.5) is 5.69 Å².